The molecule has 0 bridgehead atoms. The van der Waals surface area contributed by atoms with Gasteiger partial charge < -0.3 is 4.74 Å². The van der Waals surface area contributed by atoms with Crippen LogP contribution in [0.25, 0.3) is 0 Å². The second-order valence-electron chi connectivity index (χ2n) is 3.46. The lowest BCUT2D eigenvalue weighted by Gasteiger charge is -2.09. The minimum Gasteiger partial charge on any atom is -0.466 e. The Bertz CT molecular complexity index is 498. The highest BCUT2D eigenvalue weighted by molar-refractivity contribution is 7.80. The van der Waals surface area contributed by atoms with Crippen LogP contribution in [0.2, 0.25) is 0 Å². The molecule has 0 aromatic heterocycles. The van der Waals surface area contributed by atoms with Gasteiger partial charge >= 0.3 is 5.97 Å². The van der Waals surface area contributed by atoms with Gasteiger partial charge in [-0.25, -0.2) is 8.78 Å². The monoisotopic (exact) mass is 271 g/mol. The van der Waals surface area contributed by atoms with Gasteiger partial charge in [-0.3, -0.25) is 4.79 Å². The molecule has 1 aromatic carbocycles. The Morgan fingerprint density at radius 1 is 1.56 bits per heavy atom. The van der Waals surface area contributed by atoms with E-state index in [9.17, 15) is 13.6 Å². The summed E-state index contributed by atoms with van der Waals surface area (Å²) in [6.07, 6.45) is -2.91. The molecule has 6 heteroatoms. The van der Waals surface area contributed by atoms with Crippen molar-refractivity contribution in [2.45, 2.75) is 24.7 Å². The molecule has 0 spiro atoms. The molecular weight excluding hydrogens is 260 g/mol. The lowest BCUT2D eigenvalue weighted by atomic mass is 10.0. The number of rotatable bonds is 4. The van der Waals surface area contributed by atoms with Crippen molar-refractivity contribution in [3.63, 3.8) is 0 Å². The first kappa shape index (κ1) is 14.5. The molecule has 0 unspecified atom stereocenters. The summed E-state index contributed by atoms with van der Waals surface area (Å²) in [7, 11) is 0. The molecule has 0 saturated carbocycles. The Morgan fingerprint density at radius 2 is 2.22 bits per heavy atom. The SMILES string of the molecule is CCOC(=O)Cc1cc(C(F)F)c(C#N)cc1S. The molecule has 3 nitrogen and oxygen atoms in total. The molecule has 0 heterocycles. The second-order valence-corrected chi connectivity index (χ2v) is 3.94. The summed E-state index contributed by atoms with van der Waals surface area (Å²) in [6, 6.07) is 4.04. The highest BCUT2D eigenvalue weighted by Crippen LogP contribution is 2.28. The molecule has 1 aromatic rings. The van der Waals surface area contributed by atoms with Gasteiger partial charge in [0.1, 0.15) is 0 Å². The van der Waals surface area contributed by atoms with E-state index in [4.69, 9.17) is 10.00 Å². The second kappa shape index (κ2) is 6.36. The van der Waals surface area contributed by atoms with E-state index in [1.807, 2.05) is 0 Å². The summed E-state index contributed by atoms with van der Waals surface area (Å²) >= 11 is 4.08. The van der Waals surface area contributed by atoms with E-state index < -0.39 is 18.0 Å². The van der Waals surface area contributed by atoms with Crippen LogP contribution in [0.4, 0.5) is 8.78 Å². The van der Waals surface area contributed by atoms with Crippen molar-refractivity contribution in [3.8, 4) is 6.07 Å². The first-order valence-corrected chi connectivity index (χ1v) is 5.64. The number of esters is 1. The number of halogens is 2. The summed E-state index contributed by atoms with van der Waals surface area (Å²) in [4.78, 5) is 11.6. The predicted molar refractivity (Wildman–Crippen MR) is 63.7 cm³/mol. The number of thiol groups is 1. The van der Waals surface area contributed by atoms with Gasteiger partial charge in [0.05, 0.1) is 24.7 Å². The van der Waals surface area contributed by atoms with E-state index in [1.165, 1.54) is 6.07 Å². The third-order valence-electron chi connectivity index (χ3n) is 2.25. The average molecular weight is 271 g/mol. The highest BCUT2D eigenvalue weighted by atomic mass is 32.1. The Labute approximate surface area is 109 Å². The minimum atomic E-state index is -2.77. The van der Waals surface area contributed by atoms with Crippen molar-refractivity contribution >= 4 is 18.6 Å². The summed E-state index contributed by atoms with van der Waals surface area (Å²) < 4.78 is 30.2. The Kier molecular flexibility index (Phi) is 5.10. The molecule has 0 atom stereocenters. The predicted octanol–water partition coefficient (Wildman–Crippen LogP) is 2.89. The van der Waals surface area contributed by atoms with Crippen molar-refractivity contribution in [1.29, 1.82) is 5.26 Å². The third-order valence-corrected chi connectivity index (χ3v) is 2.66. The molecule has 96 valence electrons. The molecule has 0 aliphatic heterocycles. The first-order valence-electron chi connectivity index (χ1n) is 5.19. The topological polar surface area (TPSA) is 50.1 Å². The summed E-state index contributed by atoms with van der Waals surface area (Å²) in [5, 5.41) is 8.74. The molecule has 0 radical (unpaired) electrons. The lowest BCUT2D eigenvalue weighted by Crippen LogP contribution is -2.09. The van der Waals surface area contributed by atoms with E-state index in [0.29, 0.717) is 10.5 Å². The number of nitrogens with zero attached hydrogens (tertiary/aromatic N) is 1. The van der Waals surface area contributed by atoms with Crippen LogP contribution in [-0.4, -0.2) is 12.6 Å². The van der Waals surface area contributed by atoms with Crippen LogP contribution in [0, 0.1) is 11.3 Å². The number of hydrogen-bond donors (Lipinski definition) is 1. The average Bonchev–Trinajstić information content (AvgIpc) is 2.31. The quantitative estimate of drug-likeness (QED) is 0.676. The number of nitriles is 1. The number of alkyl halides is 2. The van der Waals surface area contributed by atoms with E-state index in [2.05, 4.69) is 12.6 Å². The normalized spacial score (nSPS) is 10.2. The van der Waals surface area contributed by atoms with Crippen LogP contribution in [0.15, 0.2) is 17.0 Å². The summed E-state index contributed by atoms with van der Waals surface area (Å²) in [5.41, 5.74) is -0.205. The van der Waals surface area contributed by atoms with Crippen molar-refractivity contribution in [1.82, 2.24) is 0 Å². The molecule has 0 amide bonds. The van der Waals surface area contributed by atoms with Crippen molar-refractivity contribution < 1.29 is 18.3 Å². The molecule has 18 heavy (non-hydrogen) atoms. The van der Waals surface area contributed by atoms with Gasteiger partial charge in [-0.05, 0) is 24.6 Å². The number of carbonyl (C=O) groups is 1. The van der Waals surface area contributed by atoms with E-state index >= 15 is 0 Å². The molecule has 0 saturated heterocycles. The van der Waals surface area contributed by atoms with Crippen LogP contribution in [0.1, 0.15) is 30.0 Å². The van der Waals surface area contributed by atoms with E-state index in [-0.39, 0.29) is 18.6 Å². The fourth-order valence-electron chi connectivity index (χ4n) is 1.44. The lowest BCUT2D eigenvalue weighted by molar-refractivity contribution is -0.142. The van der Waals surface area contributed by atoms with Crippen LogP contribution < -0.4 is 0 Å². The van der Waals surface area contributed by atoms with Crippen LogP contribution in [0.5, 0.6) is 0 Å². The maximum Gasteiger partial charge on any atom is 0.310 e. The van der Waals surface area contributed by atoms with Gasteiger partial charge in [0, 0.05) is 10.5 Å². The molecule has 1 rings (SSSR count). The zero-order valence-electron chi connectivity index (χ0n) is 9.61. The zero-order chi connectivity index (χ0) is 13.7. The fourth-order valence-corrected chi connectivity index (χ4v) is 1.71. The summed E-state index contributed by atoms with van der Waals surface area (Å²) in [6.45, 7) is 1.88. The largest absolute Gasteiger partial charge is 0.466 e. The number of ether oxygens (including phenoxy) is 1. The molecule has 0 aliphatic rings. The number of benzene rings is 1. The van der Waals surface area contributed by atoms with Crippen molar-refractivity contribution in [3.05, 3.63) is 28.8 Å². The maximum absolute atomic E-state index is 12.7. The highest BCUT2D eigenvalue weighted by Gasteiger charge is 2.17. The molecule has 0 N–H and O–H groups in total. The van der Waals surface area contributed by atoms with Crippen molar-refractivity contribution in [2.75, 3.05) is 6.61 Å². The van der Waals surface area contributed by atoms with E-state index in [0.717, 1.165) is 6.07 Å². The minimum absolute atomic E-state index is 0.136. The Balaban J connectivity index is 3.10. The van der Waals surface area contributed by atoms with Crippen LogP contribution in [0.3, 0.4) is 0 Å². The Morgan fingerprint density at radius 3 is 2.72 bits per heavy atom. The molecular formula is C12H11F2NO2S. The first-order chi connectivity index (χ1) is 8.49. The summed E-state index contributed by atoms with van der Waals surface area (Å²) in [5.74, 6) is -0.516. The third kappa shape index (κ3) is 3.44. The van der Waals surface area contributed by atoms with Gasteiger partial charge in [-0.1, -0.05) is 0 Å². The number of carbonyl (C=O) groups excluding carboxylic acids is 1. The molecule has 0 aliphatic carbocycles. The standard InChI is InChI=1S/C12H11F2NO2S/c1-2-17-11(16)5-7-3-9(12(13)14)8(6-15)4-10(7)18/h3-4,12,18H,2,5H2,1H3. The fraction of sp³-hybridized carbons (Fsp3) is 0.333. The number of hydrogen-bond acceptors (Lipinski definition) is 4. The van der Waals surface area contributed by atoms with Gasteiger partial charge in [-0.2, -0.15) is 5.26 Å². The maximum atomic E-state index is 12.7. The zero-order valence-corrected chi connectivity index (χ0v) is 10.5. The van der Waals surface area contributed by atoms with Gasteiger partial charge in [0.25, 0.3) is 6.43 Å². The van der Waals surface area contributed by atoms with E-state index in [1.54, 1.807) is 13.0 Å². The van der Waals surface area contributed by atoms with Gasteiger partial charge in [0.15, 0.2) is 0 Å². The van der Waals surface area contributed by atoms with Gasteiger partial charge in [-0.15, -0.1) is 12.6 Å². The smallest absolute Gasteiger partial charge is 0.310 e. The van der Waals surface area contributed by atoms with Crippen molar-refractivity contribution in [2.24, 2.45) is 0 Å². The van der Waals surface area contributed by atoms with Crippen LogP contribution in [-0.2, 0) is 16.0 Å². The Hall–Kier alpha value is -1.61. The molecule has 0 fully saturated rings. The van der Waals surface area contributed by atoms with Gasteiger partial charge in [0.2, 0.25) is 0 Å². The van der Waals surface area contributed by atoms with Crippen LogP contribution >= 0.6 is 12.6 Å².